The molecule has 5 spiro atoms. The van der Waals surface area contributed by atoms with Gasteiger partial charge >= 0.3 is 656 Å². The Balaban J connectivity index is 1.08. The Morgan fingerprint density at radius 1 is 0.286 bits per heavy atom. The standard InChI is InChI=1S/2C53H72O2Si3.2ClH.Zr/c2*1-36-34-46-42(38-26-30-40(31-27-38)52(9,10)54-57(14,15)50(3,4)5)22-18-20-24-44(46)48(36)56(13)49-37(2)35-47-43(23-19-21-25-45(47)49)39-28-32-41(33-29-39)53(11,12)55-58(16,17)51(6,7)8;;;/h2*18-35,42-43,56H,1-17H3;2*1H;/q;;;;+2/p-2. The molecule has 2 aliphatic heterocycles. The van der Waals surface area contributed by atoms with Crippen molar-refractivity contribution < 1.29 is 32.6 Å². The molecule has 634 valence electrons. The maximum absolute atomic E-state index is 11.8. The number of rotatable bonds is 16. The summed E-state index contributed by atoms with van der Waals surface area (Å²) in [7, 11) is 9.47. The van der Waals surface area contributed by atoms with Gasteiger partial charge in [0, 0.05) is 0 Å². The van der Waals surface area contributed by atoms with E-state index in [1.807, 2.05) is 0 Å². The van der Waals surface area contributed by atoms with Crippen LogP contribution >= 0.6 is 17.0 Å². The van der Waals surface area contributed by atoms with Gasteiger partial charge in [-0.15, -0.1) is 0 Å². The number of hydrogen-bond acceptors (Lipinski definition) is 4. The van der Waals surface area contributed by atoms with Crippen LogP contribution in [0.4, 0.5) is 0 Å². The van der Waals surface area contributed by atoms with Gasteiger partial charge in [-0.25, -0.2) is 0 Å². The zero-order valence-corrected chi connectivity index (χ0v) is 89.4. The number of fused-ring (bicyclic) bond motifs is 8. The molecular weight excluding hydrogens is 1670 g/mol. The molecule has 2 fully saturated rings. The molecule has 10 aliphatic rings. The monoisotopic (exact) mass is 1810 g/mol. The summed E-state index contributed by atoms with van der Waals surface area (Å²) in [5.74, 6) is -0.446. The van der Waals surface area contributed by atoms with E-state index in [-0.39, 0.29) is 43.8 Å². The molecular formula is C106H144Cl2O4Si6Zr. The van der Waals surface area contributed by atoms with E-state index in [9.17, 15) is 17.0 Å². The molecule has 4 nitrogen and oxygen atoms in total. The minimum atomic E-state index is -7.87. The van der Waals surface area contributed by atoms with Gasteiger partial charge in [-0.3, -0.25) is 0 Å². The molecule has 0 bridgehead atoms. The van der Waals surface area contributed by atoms with Gasteiger partial charge in [0.25, 0.3) is 0 Å². The van der Waals surface area contributed by atoms with Gasteiger partial charge < -0.3 is 0 Å². The molecule has 4 aromatic carbocycles. The first-order valence-corrected chi connectivity index (χ1v) is 72.2. The first-order chi connectivity index (χ1) is 54.6. The molecule has 8 aliphatic carbocycles. The van der Waals surface area contributed by atoms with Crippen molar-refractivity contribution in [3.8, 4) is 0 Å². The van der Waals surface area contributed by atoms with Gasteiger partial charge in [0.1, 0.15) is 0 Å². The van der Waals surface area contributed by atoms with Crippen molar-refractivity contribution in [2.45, 2.75) is 309 Å². The average Bonchev–Trinajstić information content (AvgIpc) is 1.48. The van der Waals surface area contributed by atoms with Gasteiger partial charge in [0.15, 0.2) is 0 Å². The second-order valence-corrected chi connectivity index (χ2v) is 105. The van der Waals surface area contributed by atoms with E-state index in [2.05, 4.69) is 450 Å². The van der Waals surface area contributed by atoms with Crippen molar-refractivity contribution in [1.29, 1.82) is 0 Å². The summed E-state index contributed by atoms with van der Waals surface area (Å²) in [5, 5.41) is 0.207. The molecule has 119 heavy (non-hydrogen) atoms. The predicted octanol–water partition coefficient (Wildman–Crippen LogP) is 31.7. The third-order valence-electron chi connectivity index (χ3n) is 34.3. The summed E-state index contributed by atoms with van der Waals surface area (Å²) in [6.07, 6.45) is 49.9. The van der Waals surface area contributed by atoms with Crippen LogP contribution in [-0.2, 0) is 55.0 Å². The first-order valence-electron chi connectivity index (χ1n) is 44.7. The zero-order chi connectivity index (χ0) is 87.7. The fourth-order valence-electron chi connectivity index (χ4n) is 25.7. The number of hydrogen-bond donors (Lipinski definition) is 0. The molecule has 0 N–H and O–H groups in total. The summed E-state index contributed by atoms with van der Waals surface area (Å²) < 4.78 is 26.1. The molecule has 2 heterocycles. The maximum atomic E-state index is 11.8. The fraction of sp³-hybridized carbons (Fsp3) is 0.472. The normalized spacial score (nSPS) is 29.1. The summed E-state index contributed by atoms with van der Waals surface area (Å²) in [6.45, 7) is 81.0. The Morgan fingerprint density at radius 2 is 0.454 bits per heavy atom. The molecule has 8 atom stereocenters. The second kappa shape index (κ2) is 28.4. The summed E-state index contributed by atoms with van der Waals surface area (Å²) >= 11 is -7.87. The molecule has 0 saturated carbocycles. The van der Waals surface area contributed by atoms with Crippen molar-refractivity contribution in [3.05, 3.63) is 330 Å². The van der Waals surface area contributed by atoms with E-state index in [1.165, 1.54) is 111 Å². The molecule has 0 aromatic heterocycles. The van der Waals surface area contributed by atoms with Gasteiger partial charge in [-0.1, -0.05) is 83.1 Å². The van der Waals surface area contributed by atoms with Gasteiger partial charge in [-0.2, -0.15) is 0 Å². The van der Waals surface area contributed by atoms with Crippen molar-refractivity contribution in [2.24, 2.45) is 0 Å². The van der Waals surface area contributed by atoms with E-state index in [1.54, 1.807) is 0 Å². The Labute approximate surface area is 732 Å². The predicted molar refractivity (Wildman–Crippen MR) is 527 cm³/mol. The van der Waals surface area contributed by atoms with Crippen molar-refractivity contribution in [1.82, 2.24) is 0 Å². The Bertz CT molecular complexity index is 4750. The molecule has 0 amide bonds. The third kappa shape index (κ3) is 11.9. The number of allylic oxidation sites excluding steroid dienone is 32. The van der Waals surface area contributed by atoms with Crippen LogP contribution in [0.1, 0.15) is 234 Å². The van der Waals surface area contributed by atoms with Crippen LogP contribution in [0.3, 0.4) is 0 Å². The Hall–Kier alpha value is -4.68. The molecule has 0 radical (unpaired) electrons. The third-order valence-corrected chi connectivity index (χ3v) is 138. The van der Waals surface area contributed by atoms with Crippen LogP contribution in [0.15, 0.2) is 285 Å². The van der Waals surface area contributed by atoms with E-state index >= 15 is 0 Å². The molecule has 14 rings (SSSR count). The minimum absolute atomic E-state index is 0.0518. The Morgan fingerprint density at radius 3 is 0.613 bits per heavy atom. The molecule has 8 unspecified atom stereocenters. The van der Waals surface area contributed by atoms with Gasteiger partial charge in [0.05, 0.1) is 0 Å². The van der Waals surface area contributed by atoms with E-state index in [4.69, 9.17) is 17.7 Å². The molecule has 4 aromatic rings. The second-order valence-electron chi connectivity index (χ2n) is 45.9. The van der Waals surface area contributed by atoms with E-state index in [0.29, 0.717) is 0 Å². The molecule has 2 saturated heterocycles. The topological polar surface area (TPSA) is 36.9 Å². The number of benzene rings is 4. The number of halogens is 2. The summed E-state index contributed by atoms with van der Waals surface area (Å²) in [5.41, 5.74) is 23.9. The van der Waals surface area contributed by atoms with Crippen molar-refractivity contribution in [2.75, 3.05) is 0 Å². The van der Waals surface area contributed by atoms with Gasteiger partial charge in [0.2, 0.25) is 0 Å². The fourth-order valence-corrected chi connectivity index (χ4v) is 156. The zero-order valence-electron chi connectivity index (χ0n) is 79.1. The van der Waals surface area contributed by atoms with E-state index in [0.717, 1.165) is 0 Å². The first kappa shape index (κ1) is 90.6. The van der Waals surface area contributed by atoms with Crippen LogP contribution in [0.25, 0.3) is 0 Å². The quantitative estimate of drug-likeness (QED) is 0.105. The van der Waals surface area contributed by atoms with Crippen molar-refractivity contribution >= 4 is 67.9 Å². The Kier molecular flexibility index (Phi) is 21.6. The van der Waals surface area contributed by atoms with Crippen LogP contribution < -0.4 is 0 Å². The average molecular weight is 1810 g/mol. The van der Waals surface area contributed by atoms with Crippen LogP contribution in [-0.4, -0.2) is 50.9 Å². The van der Waals surface area contributed by atoms with Gasteiger partial charge in [-0.05, 0) is 0 Å². The van der Waals surface area contributed by atoms with Crippen LogP contribution in [0.5, 0.6) is 0 Å². The summed E-state index contributed by atoms with van der Waals surface area (Å²) in [6, 6.07) is 38.3. The van der Waals surface area contributed by atoms with Crippen molar-refractivity contribution in [3.63, 3.8) is 0 Å². The van der Waals surface area contributed by atoms with Crippen LogP contribution in [0, 0.1) is 0 Å². The summed E-state index contributed by atoms with van der Waals surface area (Å²) in [4.78, 5) is 0. The van der Waals surface area contributed by atoms with Crippen LogP contribution in [0.2, 0.25) is 96.6 Å². The molecule has 13 heteroatoms. The van der Waals surface area contributed by atoms with E-state index < -0.39 is 99.2 Å². The SMILES string of the molecule is CC1=CC2=C(C=CC=CC2c2ccc(C(C)(C)O[Si](C)(C)C(C)(C)C)cc2)[C]12[SiH](C)[C]1(C(C)=CC3=C1C=CC=CC3c1ccc(C(C)(C)O[Si](C)(C)C(C)(C)C)cc1)[Zr]21([Cl])([Cl])[C]2(C(C)=CC3=C2C=CC=CC3c2ccc(C(C)(C)O[Si](C)(C)C(C)(C)C)cc2)[SiH](C)[C]12C(C)=CC1=C2C=CC=CC1c1ccc(C(C)(C)O[Si](C)(C)C(C)(C)C)cc1.